The second-order valence-corrected chi connectivity index (χ2v) is 11.7. The molecule has 1 atom stereocenters. The van der Waals surface area contributed by atoms with E-state index in [0.29, 0.717) is 27.9 Å². The van der Waals surface area contributed by atoms with Crippen LogP contribution in [0.5, 0.6) is 5.75 Å². The number of ether oxygens (including phenoxy) is 1. The van der Waals surface area contributed by atoms with Crippen LogP contribution in [0.15, 0.2) is 77.7 Å². The number of rotatable bonds is 13. The molecule has 0 unspecified atom stereocenters. The SMILES string of the molecule is CCCNC(=O)[C@H](C)N(Cc1cccc(Cl)c1)C(=O)CN(c1ccccc1OCC)S(=O)(=O)c1ccc(Cl)cc1. The van der Waals surface area contributed by atoms with Gasteiger partial charge in [-0.1, -0.05) is 54.4 Å². The molecule has 0 radical (unpaired) electrons. The first-order valence-corrected chi connectivity index (χ1v) is 15.1. The molecular weight excluding hydrogens is 573 g/mol. The minimum absolute atomic E-state index is 0.0437. The van der Waals surface area contributed by atoms with E-state index in [1.54, 1.807) is 62.4 Å². The van der Waals surface area contributed by atoms with Crippen molar-refractivity contribution in [3.63, 3.8) is 0 Å². The van der Waals surface area contributed by atoms with Crippen LogP contribution < -0.4 is 14.4 Å². The molecule has 214 valence electrons. The predicted octanol–water partition coefficient (Wildman–Crippen LogP) is 5.53. The van der Waals surface area contributed by atoms with Gasteiger partial charge < -0.3 is 15.0 Å². The van der Waals surface area contributed by atoms with E-state index in [-0.39, 0.29) is 29.6 Å². The number of anilines is 1. The molecule has 0 aromatic heterocycles. The first-order chi connectivity index (χ1) is 19.1. The summed E-state index contributed by atoms with van der Waals surface area (Å²) in [5.41, 5.74) is 0.885. The number of nitrogens with one attached hydrogen (secondary N) is 1. The number of hydrogen-bond donors (Lipinski definition) is 1. The maximum Gasteiger partial charge on any atom is 0.264 e. The summed E-state index contributed by atoms with van der Waals surface area (Å²) < 4.78 is 34.7. The summed E-state index contributed by atoms with van der Waals surface area (Å²) in [6.45, 7) is 5.51. The van der Waals surface area contributed by atoms with Crippen molar-refractivity contribution in [1.29, 1.82) is 0 Å². The molecule has 0 aliphatic carbocycles. The van der Waals surface area contributed by atoms with Gasteiger partial charge in [-0.15, -0.1) is 0 Å². The third kappa shape index (κ3) is 7.90. The Labute approximate surface area is 245 Å². The minimum atomic E-state index is -4.25. The molecule has 11 heteroatoms. The standard InChI is InChI=1S/C29H33Cl2N3O5S/c1-4-17-32-29(36)21(3)33(19-22-9-8-10-24(31)18-22)28(35)20-34(26-11-6-7-12-27(26)39-5-2)40(37,38)25-15-13-23(30)14-16-25/h6-16,18,21H,4-5,17,19-20H2,1-3H3,(H,32,36)/t21-/m0/s1. The van der Waals surface area contributed by atoms with Crippen LogP contribution in [-0.2, 0) is 26.2 Å². The summed E-state index contributed by atoms with van der Waals surface area (Å²) in [7, 11) is -4.25. The van der Waals surface area contributed by atoms with Crippen LogP contribution in [0.3, 0.4) is 0 Å². The number of benzene rings is 3. The van der Waals surface area contributed by atoms with Crippen molar-refractivity contribution in [3.05, 3.63) is 88.4 Å². The molecule has 0 bridgehead atoms. The van der Waals surface area contributed by atoms with Crippen molar-refractivity contribution in [2.75, 3.05) is 24.0 Å². The Hall–Kier alpha value is -3.27. The Morgan fingerprint density at radius 3 is 2.30 bits per heavy atom. The predicted molar refractivity (Wildman–Crippen MR) is 158 cm³/mol. The van der Waals surface area contributed by atoms with Crippen LogP contribution in [0.2, 0.25) is 10.0 Å². The maximum atomic E-state index is 14.0. The molecular formula is C29H33Cl2N3O5S. The molecule has 0 aliphatic rings. The van der Waals surface area contributed by atoms with E-state index in [9.17, 15) is 18.0 Å². The fourth-order valence-corrected chi connectivity index (χ4v) is 5.76. The molecule has 0 heterocycles. The zero-order valence-corrected chi connectivity index (χ0v) is 25.0. The lowest BCUT2D eigenvalue weighted by molar-refractivity contribution is -0.139. The number of hydrogen-bond acceptors (Lipinski definition) is 5. The molecule has 3 rings (SSSR count). The summed E-state index contributed by atoms with van der Waals surface area (Å²) in [4.78, 5) is 28.2. The van der Waals surface area contributed by atoms with Gasteiger partial charge in [0.25, 0.3) is 10.0 Å². The summed E-state index contributed by atoms with van der Waals surface area (Å²) in [5.74, 6) is -0.632. The van der Waals surface area contributed by atoms with Crippen LogP contribution in [0.1, 0.15) is 32.8 Å². The van der Waals surface area contributed by atoms with Crippen molar-refractivity contribution in [3.8, 4) is 5.75 Å². The third-order valence-electron chi connectivity index (χ3n) is 6.07. The van der Waals surface area contributed by atoms with Gasteiger partial charge in [0.2, 0.25) is 11.8 Å². The van der Waals surface area contributed by atoms with Gasteiger partial charge in [-0.25, -0.2) is 8.42 Å². The quantitative estimate of drug-likeness (QED) is 0.276. The van der Waals surface area contributed by atoms with Crippen LogP contribution in [0.4, 0.5) is 5.69 Å². The zero-order chi connectivity index (χ0) is 29.3. The summed E-state index contributed by atoms with van der Waals surface area (Å²) in [6.07, 6.45) is 0.724. The first-order valence-electron chi connectivity index (χ1n) is 12.9. The molecule has 0 fully saturated rings. The Morgan fingerprint density at radius 2 is 1.65 bits per heavy atom. The highest BCUT2D eigenvalue weighted by molar-refractivity contribution is 7.92. The molecule has 0 saturated carbocycles. The lowest BCUT2D eigenvalue weighted by Crippen LogP contribution is -2.51. The largest absolute Gasteiger partial charge is 0.492 e. The first kappa shape index (κ1) is 31.3. The van der Waals surface area contributed by atoms with Gasteiger partial charge in [0, 0.05) is 23.1 Å². The van der Waals surface area contributed by atoms with E-state index < -0.39 is 28.5 Å². The monoisotopic (exact) mass is 605 g/mol. The van der Waals surface area contributed by atoms with Crippen molar-refractivity contribution >= 4 is 50.7 Å². The van der Waals surface area contributed by atoms with Gasteiger partial charge in [0.1, 0.15) is 18.3 Å². The van der Waals surface area contributed by atoms with E-state index in [0.717, 1.165) is 10.7 Å². The topological polar surface area (TPSA) is 96.0 Å². The highest BCUT2D eigenvalue weighted by atomic mass is 35.5. The molecule has 0 saturated heterocycles. The van der Waals surface area contributed by atoms with Gasteiger partial charge in [-0.3, -0.25) is 13.9 Å². The lowest BCUT2D eigenvalue weighted by atomic mass is 10.1. The Balaban J connectivity index is 2.07. The number of halogens is 2. The summed E-state index contributed by atoms with van der Waals surface area (Å²) >= 11 is 12.2. The Morgan fingerprint density at radius 1 is 0.950 bits per heavy atom. The van der Waals surface area contributed by atoms with E-state index in [4.69, 9.17) is 27.9 Å². The molecule has 1 N–H and O–H groups in total. The van der Waals surface area contributed by atoms with E-state index in [1.807, 2.05) is 6.92 Å². The summed E-state index contributed by atoms with van der Waals surface area (Å²) in [5, 5.41) is 3.66. The highest BCUT2D eigenvalue weighted by Gasteiger charge is 2.33. The zero-order valence-electron chi connectivity index (χ0n) is 22.6. The smallest absolute Gasteiger partial charge is 0.264 e. The average Bonchev–Trinajstić information content (AvgIpc) is 2.93. The fourth-order valence-electron chi connectivity index (χ4n) is 4.00. The molecule has 0 aliphatic heterocycles. The number of para-hydroxylation sites is 2. The number of carbonyl (C=O) groups is 2. The van der Waals surface area contributed by atoms with Gasteiger partial charge in [0.05, 0.1) is 17.2 Å². The maximum absolute atomic E-state index is 14.0. The van der Waals surface area contributed by atoms with Crippen molar-refractivity contribution in [2.45, 2.75) is 44.7 Å². The minimum Gasteiger partial charge on any atom is -0.492 e. The van der Waals surface area contributed by atoms with Crippen LogP contribution in [0, 0.1) is 0 Å². The number of carbonyl (C=O) groups excluding carboxylic acids is 2. The van der Waals surface area contributed by atoms with Crippen molar-refractivity contribution in [1.82, 2.24) is 10.2 Å². The molecule has 40 heavy (non-hydrogen) atoms. The van der Waals surface area contributed by atoms with E-state index in [2.05, 4.69) is 5.32 Å². The number of sulfonamides is 1. The second-order valence-electron chi connectivity index (χ2n) is 8.98. The average molecular weight is 607 g/mol. The molecule has 2 amide bonds. The lowest BCUT2D eigenvalue weighted by Gasteiger charge is -2.32. The molecule has 8 nitrogen and oxygen atoms in total. The second kappa shape index (κ2) is 14.4. The van der Waals surface area contributed by atoms with E-state index >= 15 is 0 Å². The van der Waals surface area contributed by atoms with E-state index in [1.165, 1.54) is 29.2 Å². The van der Waals surface area contributed by atoms with Crippen LogP contribution in [-0.4, -0.2) is 50.9 Å². The molecule has 3 aromatic carbocycles. The normalized spacial score (nSPS) is 11.9. The van der Waals surface area contributed by atoms with Crippen molar-refractivity contribution < 1.29 is 22.7 Å². The number of amides is 2. The summed E-state index contributed by atoms with van der Waals surface area (Å²) in [6, 6.07) is 18.3. The Bertz CT molecular complexity index is 1420. The third-order valence-corrected chi connectivity index (χ3v) is 8.33. The fraction of sp³-hybridized carbons (Fsp3) is 0.310. The number of nitrogens with zero attached hydrogens (tertiary/aromatic N) is 2. The highest BCUT2D eigenvalue weighted by Crippen LogP contribution is 2.33. The Kier molecular flexibility index (Phi) is 11.2. The van der Waals surface area contributed by atoms with Crippen LogP contribution >= 0.6 is 23.2 Å². The van der Waals surface area contributed by atoms with Crippen LogP contribution in [0.25, 0.3) is 0 Å². The van der Waals surface area contributed by atoms with Gasteiger partial charge >= 0.3 is 0 Å². The van der Waals surface area contributed by atoms with Gasteiger partial charge in [-0.05, 0) is 74.4 Å². The van der Waals surface area contributed by atoms with Gasteiger partial charge in [0.15, 0.2) is 0 Å². The molecule has 0 spiro atoms. The molecule has 3 aromatic rings. The van der Waals surface area contributed by atoms with Gasteiger partial charge in [-0.2, -0.15) is 0 Å². The van der Waals surface area contributed by atoms with Crippen molar-refractivity contribution in [2.24, 2.45) is 0 Å².